The summed E-state index contributed by atoms with van der Waals surface area (Å²) in [4.78, 5) is 0. The van der Waals surface area contributed by atoms with Crippen LogP contribution in [0.15, 0.2) is 97.1 Å². The number of rotatable bonds is 2. The van der Waals surface area contributed by atoms with E-state index in [1.54, 1.807) is 0 Å². The zero-order valence-corrected chi connectivity index (χ0v) is 16.4. The Morgan fingerprint density at radius 2 is 1.03 bits per heavy atom. The minimum Gasteiger partial charge on any atom is -0.508 e. The van der Waals surface area contributed by atoms with Gasteiger partial charge >= 0.3 is 0 Å². The molecular formula is C28H22O2. The number of aromatic hydroxyl groups is 2. The van der Waals surface area contributed by atoms with E-state index in [1.165, 1.54) is 28.3 Å². The molecule has 6 rings (SSSR count). The van der Waals surface area contributed by atoms with E-state index in [9.17, 15) is 10.2 Å². The molecule has 2 nitrogen and oxygen atoms in total. The molecule has 0 aromatic heterocycles. The maximum absolute atomic E-state index is 10.9. The maximum Gasteiger partial charge on any atom is 0.123 e. The Morgan fingerprint density at radius 1 is 0.500 bits per heavy atom. The fourth-order valence-corrected chi connectivity index (χ4v) is 5.97. The standard InChI is InChI=1S/C28H22O2/c29-19-15-22-26(23(30)16-19)25(18-11-5-2-6-12-18)27-21-14-8-7-13-20(21)24(28(22)27)17-9-3-1-4-10-17/h1-16,24-25,27-30H. The molecule has 0 fully saturated rings. The quantitative estimate of drug-likeness (QED) is 0.424. The lowest BCUT2D eigenvalue weighted by Gasteiger charge is -2.23. The van der Waals surface area contributed by atoms with E-state index < -0.39 is 0 Å². The lowest BCUT2D eigenvalue weighted by Crippen LogP contribution is -2.10. The van der Waals surface area contributed by atoms with Crippen molar-refractivity contribution in [2.45, 2.75) is 23.7 Å². The average molecular weight is 390 g/mol. The molecule has 0 saturated heterocycles. The Balaban J connectivity index is 1.66. The fraction of sp³-hybridized carbons (Fsp3) is 0.143. The molecule has 4 aromatic carbocycles. The summed E-state index contributed by atoms with van der Waals surface area (Å²) < 4.78 is 0. The molecule has 146 valence electrons. The smallest absolute Gasteiger partial charge is 0.123 e. The zero-order valence-electron chi connectivity index (χ0n) is 16.4. The zero-order chi connectivity index (χ0) is 20.2. The van der Waals surface area contributed by atoms with Crippen LogP contribution in [0.1, 0.15) is 57.1 Å². The molecule has 0 radical (unpaired) electrons. The third-order valence-electron chi connectivity index (χ3n) is 6.96. The number of hydrogen-bond acceptors (Lipinski definition) is 2. The summed E-state index contributed by atoms with van der Waals surface area (Å²) in [6.45, 7) is 0. The van der Waals surface area contributed by atoms with Crippen LogP contribution < -0.4 is 0 Å². The van der Waals surface area contributed by atoms with Crippen LogP contribution in [0.2, 0.25) is 0 Å². The van der Waals surface area contributed by atoms with Gasteiger partial charge in [-0.05, 0) is 33.9 Å². The van der Waals surface area contributed by atoms with Crippen molar-refractivity contribution >= 4 is 0 Å². The average Bonchev–Trinajstić information content (AvgIpc) is 3.28. The van der Waals surface area contributed by atoms with Gasteiger partial charge in [0.2, 0.25) is 0 Å². The van der Waals surface area contributed by atoms with Crippen molar-refractivity contribution in [3.8, 4) is 11.5 Å². The first kappa shape index (κ1) is 17.3. The van der Waals surface area contributed by atoms with Crippen molar-refractivity contribution in [3.63, 3.8) is 0 Å². The van der Waals surface area contributed by atoms with Crippen LogP contribution in [0.25, 0.3) is 0 Å². The van der Waals surface area contributed by atoms with Gasteiger partial charge in [0.1, 0.15) is 11.5 Å². The minimum absolute atomic E-state index is 0.0571. The molecule has 0 heterocycles. The van der Waals surface area contributed by atoms with Gasteiger partial charge in [0, 0.05) is 35.3 Å². The van der Waals surface area contributed by atoms with Crippen LogP contribution in [-0.2, 0) is 0 Å². The van der Waals surface area contributed by atoms with Gasteiger partial charge in [-0.1, -0.05) is 84.9 Å². The molecule has 0 aliphatic heterocycles. The van der Waals surface area contributed by atoms with Gasteiger partial charge in [-0.15, -0.1) is 0 Å². The predicted molar refractivity (Wildman–Crippen MR) is 118 cm³/mol. The molecule has 30 heavy (non-hydrogen) atoms. The molecule has 4 atom stereocenters. The van der Waals surface area contributed by atoms with Crippen LogP contribution in [0.5, 0.6) is 11.5 Å². The first-order chi connectivity index (χ1) is 14.7. The van der Waals surface area contributed by atoms with Gasteiger partial charge in [0.15, 0.2) is 0 Å². The second kappa shape index (κ2) is 6.50. The van der Waals surface area contributed by atoms with Crippen molar-refractivity contribution in [3.05, 3.63) is 130 Å². The molecule has 2 aliphatic rings. The Hall–Kier alpha value is -3.52. The second-order valence-electron chi connectivity index (χ2n) is 8.42. The third-order valence-corrected chi connectivity index (χ3v) is 6.96. The lowest BCUT2D eigenvalue weighted by atomic mass is 9.79. The van der Waals surface area contributed by atoms with Crippen LogP contribution in [0, 0.1) is 0 Å². The predicted octanol–water partition coefficient (Wildman–Crippen LogP) is 6.26. The van der Waals surface area contributed by atoms with Crippen LogP contribution in [0.3, 0.4) is 0 Å². The topological polar surface area (TPSA) is 40.5 Å². The highest BCUT2D eigenvalue weighted by Gasteiger charge is 2.52. The fourth-order valence-electron chi connectivity index (χ4n) is 5.97. The first-order valence-corrected chi connectivity index (χ1v) is 10.5. The number of benzene rings is 4. The van der Waals surface area contributed by atoms with Gasteiger partial charge in [0.25, 0.3) is 0 Å². The van der Waals surface area contributed by atoms with Gasteiger partial charge < -0.3 is 10.2 Å². The van der Waals surface area contributed by atoms with Crippen molar-refractivity contribution in [1.29, 1.82) is 0 Å². The molecular weight excluding hydrogens is 368 g/mol. The van der Waals surface area contributed by atoms with Crippen LogP contribution >= 0.6 is 0 Å². The highest BCUT2D eigenvalue weighted by molar-refractivity contribution is 5.65. The summed E-state index contributed by atoms with van der Waals surface area (Å²) >= 11 is 0. The number of phenolic OH excluding ortho intramolecular Hbond substituents is 2. The number of hydrogen-bond donors (Lipinski definition) is 2. The molecule has 0 amide bonds. The summed E-state index contributed by atoms with van der Waals surface area (Å²) in [6, 6.07) is 33.2. The number of phenols is 2. The van der Waals surface area contributed by atoms with Gasteiger partial charge in [-0.2, -0.15) is 0 Å². The van der Waals surface area contributed by atoms with Crippen LogP contribution in [-0.4, -0.2) is 10.2 Å². The molecule has 0 bridgehead atoms. The summed E-state index contributed by atoms with van der Waals surface area (Å²) in [5.41, 5.74) is 7.21. The van der Waals surface area contributed by atoms with Gasteiger partial charge in [-0.25, -0.2) is 0 Å². The Labute approximate surface area is 176 Å². The Bertz CT molecular complexity index is 1230. The van der Waals surface area contributed by atoms with E-state index >= 15 is 0 Å². The summed E-state index contributed by atoms with van der Waals surface area (Å²) in [5, 5.41) is 21.3. The van der Waals surface area contributed by atoms with Gasteiger partial charge in [-0.3, -0.25) is 0 Å². The van der Waals surface area contributed by atoms with E-state index in [0.29, 0.717) is 0 Å². The lowest BCUT2D eigenvalue weighted by molar-refractivity contribution is 0.444. The van der Waals surface area contributed by atoms with Crippen LogP contribution in [0.4, 0.5) is 0 Å². The molecule has 0 spiro atoms. The van der Waals surface area contributed by atoms with Crippen molar-refractivity contribution in [2.24, 2.45) is 0 Å². The van der Waals surface area contributed by atoms with Crippen molar-refractivity contribution in [1.82, 2.24) is 0 Å². The maximum atomic E-state index is 10.9. The molecule has 4 aromatic rings. The monoisotopic (exact) mass is 390 g/mol. The highest BCUT2D eigenvalue weighted by Crippen LogP contribution is 2.67. The molecule has 2 aliphatic carbocycles. The SMILES string of the molecule is Oc1cc(O)c2c(c1)C1C(c3ccccc3)c3ccccc3C1C2c1ccccc1. The van der Waals surface area contributed by atoms with Crippen molar-refractivity contribution < 1.29 is 10.2 Å². The highest BCUT2D eigenvalue weighted by atomic mass is 16.3. The van der Waals surface area contributed by atoms with E-state index in [-0.39, 0.29) is 35.2 Å². The third kappa shape index (κ3) is 2.37. The summed E-state index contributed by atoms with van der Waals surface area (Å²) in [6.07, 6.45) is 0. The first-order valence-electron chi connectivity index (χ1n) is 10.5. The summed E-state index contributed by atoms with van der Waals surface area (Å²) in [7, 11) is 0. The molecule has 2 N–H and O–H groups in total. The van der Waals surface area contributed by atoms with E-state index in [2.05, 4.69) is 78.9 Å². The van der Waals surface area contributed by atoms with Crippen molar-refractivity contribution in [2.75, 3.05) is 0 Å². The van der Waals surface area contributed by atoms with E-state index in [0.717, 1.165) is 11.1 Å². The molecule has 0 saturated carbocycles. The van der Waals surface area contributed by atoms with E-state index in [1.807, 2.05) is 12.1 Å². The van der Waals surface area contributed by atoms with Gasteiger partial charge in [0.05, 0.1) is 0 Å². The normalized spacial score (nSPS) is 23.6. The summed E-state index contributed by atoms with van der Waals surface area (Å²) in [5.74, 6) is 0.960. The largest absolute Gasteiger partial charge is 0.508 e. The Morgan fingerprint density at radius 3 is 1.70 bits per heavy atom. The van der Waals surface area contributed by atoms with E-state index in [4.69, 9.17) is 0 Å². The molecule has 4 unspecified atom stereocenters. The Kier molecular flexibility index (Phi) is 3.76. The number of fused-ring (bicyclic) bond motifs is 5. The second-order valence-corrected chi connectivity index (χ2v) is 8.42. The minimum atomic E-state index is 0.0571. The molecule has 2 heteroatoms.